The van der Waals surface area contributed by atoms with Crippen molar-refractivity contribution >= 4 is 0 Å². The van der Waals surface area contributed by atoms with Gasteiger partial charge in [0.15, 0.2) is 0 Å². The normalized spacial score (nSPS) is 17.7. The summed E-state index contributed by atoms with van der Waals surface area (Å²) in [7, 11) is 0. The van der Waals surface area contributed by atoms with Crippen LogP contribution < -0.4 is 0 Å². The Kier molecular flexibility index (Phi) is 17.3. The first-order valence-corrected chi connectivity index (χ1v) is 11.9. The van der Waals surface area contributed by atoms with Gasteiger partial charge in [0.2, 0.25) is 0 Å². The molecule has 0 aromatic heterocycles. The molecule has 48 heavy (non-hydrogen) atoms. The van der Waals surface area contributed by atoms with E-state index in [-0.39, 0.29) is 13.8 Å². The Morgan fingerprint density at radius 2 is 0.646 bits per heavy atom. The molecule has 0 aromatic carbocycles. The van der Waals surface area contributed by atoms with Crippen LogP contribution in [0.2, 0.25) is 0 Å². The SMILES string of the molecule is CC(F)(F)C(C)(F)F.CC(F)(F)C(F)(F)C(F)(F)C(C)(F)OC(F)(F)F.CC(F)(F)C(F)(F)C(F)(F)[C@@](C)(F)C(F)(F)F.CCC(C)F. The average Bonchev–Trinajstić information content (AvgIpc) is 2.74. The highest BCUT2D eigenvalue weighted by atomic mass is 19.4. The van der Waals surface area contributed by atoms with Crippen LogP contribution >= 0.6 is 0 Å². The number of alkyl halides is 25. The molecule has 0 spiro atoms. The fraction of sp³-hybridized carbons (Fsp3) is 1.00. The molecule has 296 valence electrons. The lowest BCUT2D eigenvalue weighted by atomic mass is 9.90. The van der Waals surface area contributed by atoms with Crippen LogP contribution in [0.4, 0.5) is 110 Å². The van der Waals surface area contributed by atoms with Crippen molar-refractivity contribution in [3.8, 4) is 0 Å². The Hall–Kier alpha value is -1.79. The van der Waals surface area contributed by atoms with Crippen molar-refractivity contribution in [2.24, 2.45) is 0 Å². The summed E-state index contributed by atoms with van der Waals surface area (Å²) >= 11 is 0. The van der Waals surface area contributed by atoms with Crippen LogP contribution in [-0.2, 0) is 4.74 Å². The Labute approximate surface area is 255 Å². The summed E-state index contributed by atoms with van der Waals surface area (Å²) in [6, 6.07) is 0. The molecule has 0 rings (SSSR count). The summed E-state index contributed by atoms with van der Waals surface area (Å²) in [6.07, 6.45) is -12.5. The van der Waals surface area contributed by atoms with E-state index in [1.54, 1.807) is 6.92 Å². The lowest BCUT2D eigenvalue weighted by Crippen LogP contribution is -2.66. The molecule has 0 radical (unpaired) electrons. The molecule has 26 heteroatoms. The average molecular weight is 782 g/mol. The van der Waals surface area contributed by atoms with Gasteiger partial charge in [-0.25, -0.2) is 35.5 Å². The third-order valence-electron chi connectivity index (χ3n) is 5.21. The molecule has 1 nitrogen and oxygen atoms in total. The largest absolute Gasteiger partial charge is 0.525 e. The number of hydrogen-bond acceptors (Lipinski definition) is 1. The predicted octanol–water partition coefficient (Wildman–Crippen LogP) is 12.4. The summed E-state index contributed by atoms with van der Waals surface area (Å²) in [5.41, 5.74) is -5.79. The topological polar surface area (TPSA) is 9.23 Å². The highest BCUT2D eigenvalue weighted by Crippen LogP contribution is 2.56. The lowest BCUT2D eigenvalue weighted by molar-refractivity contribution is -0.455. The highest BCUT2D eigenvalue weighted by Gasteiger charge is 2.83. The molecule has 0 fully saturated rings. The van der Waals surface area contributed by atoms with E-state index in [0.29, 0.717) is 6.42 Å². The minimum absolute atomic E-state index is 0.188. The molecular formula is C22H27F25O. The minimum atomic E-state index is -6.61. The molecule has 3 atom stereocenters. The van der Waals surface area contributed by atoms with Gasteiger partial charge in [0.05, 0.1) is 6.17 Å². The molecule has 0 bridgehead atoms. The van der Waals surface area contributed by atoms with E-state index < -0.39 is 105 Å². The number of hydrogen-bond donors (Lipinski definition) is 0. The van der Waals surface area contributed by atoms with Crippen LogP contribution in [-0.4, -0.2) is 77.6 Å². The summed E-state index contributed by atoms with van der Waals surface area (Å²) in [5, 5.41) is 0. The van der Waals surface area contributed by atoms with Crippen LogP contribution in [0, 0.1) is 0 Å². The third-order valence-corrected chi connectivity index (χ3v) is 5.21. The van der Waals surface area contributed by atoms with Crippen LogP contribution in [0.15, 0.2) is 0 Å². The zero-order chi connectivity index (χ0) is 41.0. The van der Waals surface area contributed by atoms with Crippen molar-refractivity contribution in [2.75, 3.05) is 0 Å². The summed E-state index contributed by atoms with van der Waals surface area (Å²) in [5.74, 6) is -50.0. The molecule has 0 N–H and O–H groups in total. The summed E-state index contributed by atoms with van der Waals surface area (Å²) in [4.78, 5) is 0. The molecule has 0 aliphatic heterocycles. The molecule has 0 aliphatic carbocycles. The second-order valence-corrected chi connectivity index (χ2v) is 10.0. The van der Waals surface area contributed by atoms with Crippen molar-refractivity contribution < 1.29 is 114 Å². The van der Waals surface area contributed by atoms with Crippen LogP contribution in [0.5, 0.6) is 0 Å². The molecule has 0 aromatic rings. The van der Waals surface area contributed by atoms with Gasteiger partial charge in [0, 0.05) is 34.6 Å². The zero-order valence-electron chi connectivity index (χ0n) is 25.1. The van der Waals surface area contributed by atoms with Crippen molar-refractivity contribution in [3.63, 3.8) is 0 Å². The molecule has 0 saturated carbocycles. The van der Waals surface area contributed by atoms with Gasteiger partial charge < -0.3 is 0 Å². The van der Waals surface area contributed by atoms with Crippen LogP contribution in [0.3, 0.4) is 0 Å². The predicted molar refractivity (Wildman–Crippen MR) is 115 cm³/mol. The third kappa shape index (κ3) is 13.5. The standard InChI is InChI=1S/C7H6F10O.C7H6F10.C4H6F4.C4H9F/c1-3(8,9)5(11,12)6(13,14)4(2,10)18-7(15,16)17;1-3(8,7(15,16)17)5(11,12)6(13,14)4(2,9)10;1-3(5,6)4(2,7)8;1-3-4(2)5/h1-2H3;1-2H3;1-2H3;4H,3H2,1-2H3/t;3-;;/m.1../s1. The van der Waals surface area contributed by atoms with Gasteiger partial charge in [-0.15, -0.1) is 13.2 Å². The lowest BCUT2D eigenvalue weighted by Gasteiger charge is -2.38. The number of rotatable bonds is 9. The maximum absolute atomic E-state index is 12.9. The van der Waals surface area contributed by atoms with E-state index in [0.717, 1.165) is 0 Å². The van der Waals surface area contributed by atoms with Crippen molar-refractivity contribution in [3.05, 3.63) is 0 Å². The van der Waals surface area contributed by atoms with Gasteiger partial charge in [-0.2, -0.15) is 65.9 Å². The van der Waals surface area contributed by atoms with E-state index in [2.05, 4.69) is 4.74 Å². The summed E-state index contributed by atoms with van der Waals surface area (Å²) < 4.78 is 305. The van der Waals surface area contributed by atoms with Gasteiger partial charge in [0.25, 0.3) is 11.5 Å². The van der Waals surface area contributed by atoms with Crippen LogP contribution in [0.25, 0.3) is 0 Å². The van der Waals surface area contributed by atoms with E-state index in [9.17, 15) is 110 Å². The van der Waals surface area contributed by atoms with Gasteiger partial charge in [-0.05, 0) is 20.3 Å². The smallest absolute Gasteiger partial charge is 0.248 e. The van der Waals surface area contributed by atoms with E-state index in [1.165, 1.54) is 0 Å². The Balaban J connectivity index is -0.000000297. The fourth-order valence-corrected chi connectivity index (χ4v) is 1.59. The minimum Gasteiger partial charge on any atom is -0.248 e. The van der Waals surface area contributed by atoms with Crippen LogP contribution in [0.1, 0.15) is 61.8 Å². The number of ether oxygens (including phenoxy) is 1. The monoisotopic (exact) mass is 782 g/mol. The molecule has 0 heterocycles. The van der Waals surface area contributed by atoms with E-state index in [1.807, 2.05) is 6.92 Å². The molecular weight excluding hydrogens is 755 g/mol. The van der Waals surface area contributed by atoms with Crippen molar-refractivity contribution in [2.45, 2.75) is 139 Å². The summed E-state index contributed by atoms with van der Waals surface area (Å²) in [6.45, 7) is 0.690. The highest BCUT2D eigenvalue weighted by molar-refractivity contribution is 5.07. The molecule has 2 unspecified atom stereocenters. The van der Waals surface area contributed by atoms with Crippen molar-refractivity contribution in [1.29, 1.82) is 0 Å². The Bertz CT molecular complexity index is 896. The molecule has 0 aliphatic rings. The Morgan fingerprint density at radius 3 is 0.792 bits per heavy atom. The van der Waals surface area contributed by atoms with Gasteiger partial charge in [-0.1, -0.05) is 6.92 Å². The molecule has 0 saturated heterocycles. The maximum atomic E-state index is 12.9. The maximum Gasteiger partial charge on any atom is 0.525 e. The molecule has 0 amide bonds. The van der Waals surface area contributed by atoms with Gasteiger partial charge >= 0.3 is 59.9 Å². The van der Waals surface area contributed by atoms with E-state index in [4.69, 9.17) is 0 Å². The second-order valence-electron chi connectivity index (χ2n) is 10.0. The zero-order valence-corrected chi connectivity index (χ0v) is 25.1. The Morgan fingerprint density at radius 1 is 0.417 bits per heavy atom. The quantitative estimate of drug-likeness (QED) is 0.212. The first kappa shape index (κ1) is 53.0. The van der Waals surface area contributed by atoms with Gasteiger partial charge in [-0.3, -0.25) is 0 Å². The van der Waals surface area contributed by atoms with Crippen molar-refractivity contribution in [1.82, 2.24) is 0 Å². The first-order chi connectivity index (χ1) is 20.0. The number of halogens is 25. The van der Waals surface area contributed by atoms with Gasteiger partial charge in [0.1, 0.15) is 0 Å². The van der Waals surface area contributed by atoms with E-state index >= 15 is 0 Å². The first-order valence-electron chi connectivity index (χ1n) is 11.9. The fourth-order valence-electron chi connectivity index (χ4n) is 1.59. The second kappa shape index (κ2) is 15.6.